The van der Waals surface area contributed by atoms with Crippen molar-refractivity contribution in [2.24, 2.45) is 5.41 Å². The predicted octanol–water partition coefficient (Wildman–Crippen LogP) is 4.29. The molecule has 0 radical (unpaired) electrons. The number of amides is 4. The first-order valence-electron chi connectivity index (χ1n) is 15.5. The molecule has 8 nitrogen and oxygen atoms in total. The summed E-state index contributed by atoms with van der Waals surface area (Å²) in [6.07, 6.45) is 4.28. The number of halogens is 2. The van der Waals surface area contributed by atoms with Gasteiger partial charge < -0.3 is 9.80 Å². The van der Waals surface area contributed by atoms with Gasteiger partial charge in [0.15, 0.2) is 0 Å². The summed E-state index contributed by atoms with van der Waals surface area (Å²) in [5, 5.41) is 2.25. The molecule has 0 saturated carbocycles. The molecule has 8 rings (SSSR count). The molecule has 3 atom stereocenters. The highest BCUT2D eigenvalue weighted by Crippen LogP contribution is 2.45. The smallest absolute Gasteiger partial charge is 0.256 e. The zero-order valence-electron chi connectivity index (χ0n) is 25.0. The summed E-state index contributed by atoms with van der Waals surface area (Å²) < 4.78 is 29.5. The quantitative estimate of drug-likeness (QED) is 0.516. The summed E-state index contributed by atoms with van der Waals surface area (Å²) in [6, 6.07) is 9.13. The Morgan fingerprint density at radius 3 is 2.43 bits per heavy atom. The first-order chi connectivity index (χ1) is 21.0. The van der Waals surface area contributed by atoms with E-state index < -0.39 is 29.6 Å². The minimum Gasteiger partial charge on any atom is -0.335 e. The van der Waals surface area contributed by atoms with Gasteiger partial charge in [-0.25, -0.2) is 8.78 Å². The Balaban J connectivity index is 1.05. The second-order valence-electron chi connectivity index (χ2n) is 13.7. The van der Waals surface area contributed by atoms with E-state index in [2.05, 4.69) is 24.1 Å². The fraction of sp³-hybridized carbons (Fsp3) is 0.471. The van der Waals surface area contributed by atoms with Crippen molar-refractivity contribution in [2.45, 2.75) is 77.0 Å². The van der Waals surface area contributed by atoms with Crippen LogP contribution in [-0.4, -0.2) is 76.1 Å². The monoisotopic (exact) mass is 602 g/mol. The molecule has 230 valence electrons. The number of rotatable bonds is 5. The molecule has 5 aliphatic heterocycles. The molecule has 6 aliphatic rings. The molecule has 44 heavy (non-hydrogen) atoms. The van der Waals surface area contributed by atoms with Crippen molar-refractivity contribution >= 4 is 29.2 Å². The number of benzene rings is 2. The van der Waals surface area contributed by atoms with E-state index in [0.29, 0.717) is 13.1 Å². The van der Waals surface area contributed by atoms with E-state index in [9.17, 15) is 23.6 Å². The van der Waals surface area contributed by atoms with Crippen molar-refractivity contribution in [2.75, 3.05) is 19.6 Å². The van der Waals surface area contributed by atoms with E-state index >= 15 is 4.39 Å². The topological polar surface area (TPSA) is 90.0 Å². The lowest BCUT2D eigenvalue weighted by Gasteiger charge is -2.57. The molecule has 5 heterocycles. The van der Waals surface area contributed by atoms with Crippen molar-refractivity contribution in [1.82, 2.24) is 20.0 Å². The van der Waals surface area contributed by atoms with Crippen molar-refractivity contribution in [3.05, 3.63) is 75.9 Å². The summed E-state index contributed by atoms with van der Waals surface area (Å²) in [6.45, 7) is 6.24. The van der Waals surface area contributed by atoms with Crippen LogP contribution in [0.2, 0.25) is 0 Å². The number of hydrogen-bond acceptors (Lipinski definition) is 5. The Bertz CT molecular complexity index is 1610. The van der Waals surface area contributed by atoms with Crippen LogP contribution < -0.4 is 5.32 Å². The number of hydrogen-bond donors (Lipinski definition) is 1. The Kier molecular flexibility index (Phi) is 6.95. The highest BCUT2D eigenvalue weighted by Gasteiger charge is 2.47. The molecule has 4 amide bonds. The molecular weight excluding hydrogens is 566 g/mol. The van der Waals surface area contributed by atoms with E-state index in [1.165, 1.54) is 40.3 Å². The normalized spacial score (nSPS) is 26.5. The van der Waals surface area contributed by atoms with Crippen LogP contribution in [0.15, 0.2) is 42.0 Å². The van der Waals surface area contributed by atoms with Gasteiger partial charge in [0, 0.05) is 49.3 Å². The highest BCUT2D eigenvalue weighted by atomic mass is 19.1. The Morgan fingerprint density at radius 1 is 1.00 bits per heavy atom. The third-order valence-electron chi connectivity index (χ3n) is 10.3. The lowest BCUT2D eigenvalue weighted by Crippen LogP contribution is -2.69. The van der Waals surface area contributed by atoms with Gasteiger partial charge >= 0.3 is 0 Å². The molecule has 2 bridgehead atoms. The summed E-state index contributed by atoms with van der Waals surface area (Å²) in [7, 11) is 0. The summed E-state index contributed by atoms with van der Waals surface area (Å²) in [5.41, 5.74) is 4.11. The zero-order valence-corrected chi connectivity index (χ0v) is 25.0. The van der Waals surface area contributed by atoms with Crippen LogP contribution in [-0.2, 0) is 16.1 Å². The number of nitrogens with zero attached hydrogens (tertiary/aromatic N) is 3. The summed E-state index contributed by atoms with van der Waals surface area (Å²) in [5.74, 6) is -2.77. The minimum absolute atomic E-state index is 0.0645. The zero-order chi connectivity index (χ0) is 30.9. The van der Waals surface area contributed by atoms with Gasteiger partial charge in [-0.15, -0.1) is 0 Å². The van der Waals surface area contributed by atoms with Crippen LogP contribution in [0.1, 0.15) is 84.2 Å². The summed E-state index contributed by atoms with van der Waals surface area (Å²) >= 11 is 0. The molecule has 4 saturated heterocycles. The number of imide groups is 1. The molecule has 4 fully saturated rings. The number of allylic oxidation sites excluding steroid dienone is 1. The number of nitrogens with one attached hydrogen (secondary N) is 1. The second-order valence-corrected chi connectivity index (χ2v) is 13.7. The van der Waals surface area contributed by atoms with Crippen LogP contribution in [0, 0.1) is 17.0 Å². The SMILES string of the molecule is CC1(C)CCC(CN2C3CC2CN(C(=O)c2ccc4c(c2F)CN(C2CCC(=O)NC2=O)C4=O)C3)=C(c2ccc(F)cc2)C1. The molecule has 2 aromatic rings. The van der Waals surface area contributed by atoms with Crippen molar-refractivity contribution in [1.29, 1.82) is 0 Å². The van der Waals surface area contributed by atoms with Gasteiger partial charge in [0.25, 0.3) is 11.8 Å². The number of piperazine rings is 1. The van der Waals surface area contributed by atoms with Crippen LogP contribution in [0.25, 0.3) is 5.57 Å². The van der Waals surface area contributed by atoms with Crippen LogP contribution >= 0.6 is 0 Å². The van der Waals surface area contributed by atoms with E-state index in [4.69, 9.17) is 0 Å². The van der Waals surface area contributed by atoms with Gasteiger partial charge in [-0.1, -0.05) is 31.6 Å². The second kappa shape index (κ2) is 10.6. The molecular formula is C34H36F2N4O4. The lowest BCUT2D eigenvalue weighted by molar-refractivity contribution is -0.136. The molecule has 10 heteroatoms. The van der Waals surface area contributed by atoms with E-state index in [0.717, 1.165) is 37.8 Å². The largest absolute Gasteiger partial charge is 0.335 e. The molecule has 0 spiro atoms. The van der Waals surface area contributed by atoms with Gasteiger partial charge in [0.2, 0.25) is 11.8 Å². The molecule has 0 aromatic heterocycles. The van der Waals surface area contributed by atoms with E-state index in [1.54, 1.807) is 4.90 Å². The number of piperidine rings is 2. The van der Waals surface area contributed by atoms with Crippen molar-refractivity contribution in [3.63, 3.8) is 0 Å². The van der Waals surface area contributed by atoms with Gasteiger partial charge in [-0.2, -0.15) is 0 Å². The van der Waals surface area contributed by atoms with Crippen molar-refractivity contribution in [3.8, 4) is 0 Å². The van der Waals surface area contributed by atoms with Gasteiger partial charge in [-0.05, 0) is 72.9 Å². The Hall–Kier alpha value is -3.92. The van der Waals surface area contributed by atoms with Crippen LogP contribution in [0.3, 0.4) is 0 Å². The molecule has 1 N–H and O–H groups in total. The van der Waals surface area contributed by atoms with Gasteiger partial charge in [0.05, 0.1) is 12.1 Å². The maximum Gasteiger partial charge on any atom is 0.256 e. The number of fused-ring (bicyclic) bond motifs is 3. The van der Waals surface area contributed by atoms with Crippen LogP contribution in [0.5, 0.6) is 0 Å². The maximum absolute atomic E-state index is 15.8. The molecule has 1 aliphatic carbocycles. The lowest BCUT2D eigenvalue weighted by atomic mass is 9.72. The third kappa shape index (κ3) is 4.93. The standard InChI is InChI=1S/C34H36F2N4O4/c1-34(2)12-11-20(26(14-34)19-3-5-21(35)6-4-19)15-39-22-13-23(39)17-38(16-22)32(43)25-8-7-24-27(30(25)36)18-40(33(24)44)28-9-10-29(41)37-31(28)42/h3-8,22-23,28H,9-18H2,1-2H3,(H,37,41,42). The number of carbonyl (C=O) groups is 4. The summed E-state index contributed by atoms with van der Waals surface area (Å²) in [4.78, 5) is 56.0. The van der Waals surface area contributed by atoms with Gasteiger partial charge in [0.1, 0.15) is 17.7 Å². The highest BCUT2D eigenvalue weighted by molar-refractivity contribution is 6.06. The van der Waals surface area contributed by atoms with Crippen LogP contribution in [0.4, 0.5) is 8.78 Å². The minimum atomic E-state index is -0.847. The van der Waals surface area contributed by atoms with Crippen molar-refractivity contribution < 1.29 is 28.0 Å². The Labute approximate surface area is 255 Å². The van der Waals surface area contributed by atoms with E-state index in [-0.39, 0.29) is 65.3 Å². The maximum atomic E-state index is 15.8. The van der Waals surface area contributed by atoms with E-state index in [1.807, 2.05) is 12.1 Å². The Morgan fingerprint density at radius 2 is 1.73 bits per heavy atom. The average Bonchev–Trinajstić information content (AvgIpc) is 3.33. The first kappa shape index (κ1) is 28.8. The first-order valence-corrected chi connectivity index (χ1v) is 15.5. The average molecular weight is 603 g/mol. The number of carbonyl (C=O) groups excluding carboxylic acids is 4. The molecule has 2 aromatic carbocycles. The van der Waals surface area contributed by atoms with Gasteiger partial charge in [-0.3, -0.25) is 29.4 Å². The third-order valence-corrected chi connectivity index (χ3v) is 10.3. The fourth-order valence-electron chi connectivity index (χ4n) is 7.74. The fourth-order valence-corrected chi connectivity index (χ4v) is 7.74. The predicted molar refractivity (Wildman–Crippen MR) is 158 cm³/mol. The molecule has 3 unspecified atom stereocenters.